The van der Waals surface area contributed by atoms with E-state index in [1.807, 2.05) is 25.3 Å². The lowest BCUT2D eigenvalue weighted by molar-refractivity contribution is 0.583. The summed E-state index contributed by atoms with van der Waals surface area (Å²) in [6, 6.07) is 4.94. The van der Waals surface area contributed by atoms with Crippen LogP contribution in [0.15, 0.2) is 36.0 Å². The SMILES string of the molecule is CC(C)(Nc1c(F)cc(N)c2cccnc12)c1nccs1. The van der Waals surface area contributed by atoms with Crippen molar-refractivity contribution < 1.29 is 4.39 Å². The highest BCUT2D eigenvalue weighted by molar-refractivity contribution is 7.09. The Morgan fingerprint density at radius 1 is 1.29 bits per heavy atom. The average Bonchev–Trinajstić information content (AvgIpc) is 2.98. The van der Waals surface area contributed by atoms with Crippen molar-refractivity contribution in [2.75, 3.05) is 11.1 Å². The molecule has 4 nitrogen and oxygen atoms in total. The molecule has 108 valence electrons. The monoisotopic (exact) mass is 302 g/mol. The number of fused-ring (bicyclic) bond motifs is 1. The first-order chi connectivity index (χ1) is 9.99. The third kappa shape index (κ3) is 2.42. The van der Waals surface area contributed by atoms with Gasteiger partial charge in [0.05, 0.1) is 16.7 Å². The second kappa shape index (κ2) is 4.96. The van der Waals surface area contributed by atoms with E-state index in [1.165, 1.54) is 17.4 Å². The third-order valence-corrected chi connectivity index (χ3v) is 4.38. The molecule has 1 aromatic carbocycles. The quantitative estimate of drug-likeness (QED) is 0.723. The van der Waals surface area contributed by atoms with Gasteiger partial charge in [-0.1, -0.05) is 0 Å². The lowest BCUT2D eigenvalue weighted by Gasteiger charge is -2.26. The van der Waals surface area contributed by atoms with Crippen molar-refractivity contribution in [1.82, 2.24) is 9.97 Å². The average molecular weight is 302 g/mol. The summed E-state index contributed by atoms with van der Waals surface area (Å²) in [4.78, 5) is 8.57. The fraction of sp³-hybridized carbons (Fsp3) is 0.200. The van der Waals surface area contributed by atoms with Crippen LogP contribution in [0.4, 0.5) is 15.8 Å². The van der Waals surface area contributed by atoms with Crippen LogP contribution < -0.4 is 11.1 Å². The minimum absolute atomic E-state index is 0.347. The standard InChI is InChI=1S/C15H15FN4S/c1-15(2,14-19-6-7-21-14)20-13-10(16)8-11(17)9-4-3-5-18-12(9)13/h3-8,20H,17H2,1-2H3. The lowest BCUT2D eigenvalue weighted by Crippen LogP contribution is -2.28. The summed E-state index contributed by atoms with van der Waals surface area (Å²) in [5.41, 5.74) is 6.62. The van der Waals surface area contributed by atoms with Gasteiger partial charge < -0.3 is 11.1 Å². The Bertz CT molecular complexity index is 784. The summed E-state index contributed by atoms with van der Waals surface area (Å²) in [5, 5.41) is 6.72. The first-order valence-corrected chi connectivity index (χ1v) is 7.38. The molecule has 0 unspecified atom stereocenters. The minimum Gasteiger partial charge on any atom is -0.398 e. The summed E-state index contributed by atoms with van der Waals surface area (Å²) < 4.78 is 14.4. The number of aromatic nitrogens is 2. The minimum atomic E-state index is -0.504. The van der Waals surface area contributed by atoms with Gasteiger partial charge in [0.25, 0.3) is 0 Å². The Hall–Kier alpha value is -2.21. The van der Waals surface area contributed by atoms with E-state index in [-0.39, 0.29) is 0 Å². The van der Waals surface area contributed by atoms with Crippen LogP contribution in [0.25, 0.3) is 10.9 Å². The summed E-state index contributed by atoms with van der Waals surface area (Å²) >= 11 is 1.52. The summed E-state index contributed by atoms with van der Waals surface area (Å²) in [6.45, 7) is 3.91. The molecule has 6 heteroatoms. The number of anilines is 2. The van der Waals surface area contributed by atoms with Crippen molar-refractivity contribution in [3.05, 3.63) is 46.8 Å². The van der Waals surface area contributed by atoms with Gasteiger partial charge in [-0.25, -0.2) is 9.37 Å². The Morgan fingerprint density at radius 3 is 2.81 bits per heavy atom. The van der Waals surface area contributed by atoms with E-state index in [9.17, 15) is 4.39 Å². The number of hydrogen-bond donors (Lipinski definition) is 2. The van der Waals surface area contributed by atoms with Crippen LogP contribution >= 0.6 is 11.3 Å². The van der Waals surface area contributed by atoms with Gasteiger partial charge in [0.15, 0.2) is 5.82 Å². The lowest BCUT2D eigenvalue weighted by atomic mass is 10.0. The number of nitrogens with one attached hydrogen (secondary N) is 1. The smallest absolute Gasteiger partial charge is 0.150 e. The molecular weight excluding hydrogens is 287 g/mol. The zero-order valence-electron chi connectivity index (χ0n) is 11.7. The van der Waals surface area contributed by atoms with E-state index < -0.39 is 11.4 Å². The molecule has 0 aliphatic heterocycles. The molecule has 0 aliphatic rings. The van der Waals surface area contributed by atoms with E-state index in [2.05, 4.69) is 15.3 Å². The van der Waals surface area contributed by atoms with Crippen molar-refractivity contribution in [1.29, 1.82) is 0 Å². The van der Waals surface area contributed by atoms with E-state index in [0.717, 1.165) is 10.4 Å². The number of pyridine rings is 1. The van der Waals surface area contributed by atoms with Crippen LogP contribution in [-0.2, 0) is 5.54 Å². The fourth-order valence-corrected chi connectivity index (χ4v) is 2.97. The molecular formula is C15H15FN4S. The van der Waals surface area contributed by atoms with Crippen LogP contribution in [0.5, 0.6) is 0 Å². The van der Waals surface area contributed by atoms with E-state index >= 15 is 0 Å². The number of benzene rings is 1. The maximum Gasteiger partial charge on any atom is 0.150 e. The zero-order chi connectivity index (χ0) is 15.0. The molecule has 0 aliphatic carbocycles. The molecule has 0 saturated heterocycles. The molecule has 3 rings (SSSR count). The van der Waals surface area contributed by atoms with Crippen LogP contribution in [0, 0.1) is 5.82 Å². The van der Waals surface area contributed by atoms with Gasteiger partial charge in [0.1, 0.15) is 5.01 Å². The Morgan fingerprint density at radius 2 is 2.10 bits per heavy atom. The molecule has 0 fully saturated rings. The van der Waals surface area contributed by atoms with Gasteiger partial charge in [-0.05, 0) is 32.0 Å². The van der Waals surface area contributed by atoms with E-state index in [0.29, 0.717) is 16.9 Å². The molecule has 21 heavy (non-hydrogen) atoms. The molecule has 3 N–H and O–H groups in total. The van der Waals surface area contributed by atoms with Gasteiger partial charge in [-0.3, -0.25) is 4.98 Å². The molecule has 0 bridgehead atoms. The molecule has 0 radical (unpaired) electrons. The zero-order valence-corrected chi connectivity index (χ0v) is 12.5. The second-order valence-corrected chi connectivity index (χ2v) is 6.20. The summed E-state index contributed by atoms with van der Waals surface area (Å²) in [7, 11) is 0. The number of nitrogens with zero attached hydrogens (tertiary/aromatic N) is 2. The molecule has 0 saturated carbocycles. The van der Waals surface area contributed by atoms with Crippen LogP contribution in [-0.4, -0.2) is 9.97 Å². The second-order valence-electron chi connectivity index (χ2n) is 5.31. The van der Waals surface area contributed by atoms with Gasteiger partial charge >= 0.3 is 0 Å². The van der Waals surface area contributed by atoms with Gasteiger partial charge in [-0.2, -0.15) is 0 Å². The van der Waals surface area contributed by atoms with Crippen molar-refractivity contribution >= 4 is 33.6 Å². The van der Waals surface area contributed by atoms with Gasteiger partial charge in [-0.15, -0.1) is 11.3 Å². The molecule has 3 aromatic rings. The predicted octanol–water partition coefficient (Wildman–Crippen LogP) is 3.76. The highest BCUT2D eigenvalue weighted by Crippen LogP contribution is 2.34. The Balaban J connectivity index is 2.13. The van der Waals surface area contributed by atoms with Crippen molar-refractivity contribution in [2.45, 2.75) is 19.4 Å². The fourth-order valence-electron chi connectivity index (χ4n) is 2.25. The maximum atomic E-state index is 14.4. The van der Waals surface area contributed by atoms with E-state index in [1.54, 1.807) is 18.5 Å². The predicted molar refractivity (Wildman–Crippen MR) is 84.9 cm³/mol. The van der Waals surface area contributed by atoms with E-state index in [4.69, 9.17) is 5.73 Å². The van der Waals surface area contributed by atoms with Gasteiger partial charge in [0, 0.05) is 28.8 Å². The largest absolute Gasteiger partial charge is 0.398 e. The topological polar surface area (TPSA) is 63.8 Å². The van der Waals surface area contributed by atoms with Crippen molar-refractivity contribution in [3.8, 4) is 0 Å². The molecule has 2 heterocycles. The van der Waals surface area contributed by atoms with Crippen molar-refractivity contribution in [2.24, 2.45) is 0 Å². The Labute approximate surface area is 125 Å². The number of thiazole rings is 1. The number of nitrogen functional groups attached to an aromatic ring is 1. The number of hydrogen-bond acceptors (Lipinski definition) is 5. The third-order valence-electron chi connectivity index (χ3n) is 3.28. The summed E-state index contributed by atoms with van der Waals surface area (Å²) in [5.74, 6) is -0.414. The van der Waals surface area contributed by atoms with Crippen molar-refractivity contribution in [3.63, 3.8) is 0 Å². The first-order valence-electron chi connectivity index (χ1n) is 6.50. The van der Waals surface area contributed by atoms with Crippen LogP contribution in [0.3, 0.4) is 0 Å². The van der Waals surface area contributed by atoms with Gasteiger partial charge in [0.2, 0.25) is 0 Å². The molecule has 0 atom stereocenters. The first kappa shape index (κ1) is 13.8. The number of rotatable bonds is 3. The van der Waals surface area contributed by atoms with Crippen LogP contribution in [0.1, 0.15) is 18.9 Å². The molecule has 0 amide bonds. The molecule has 2 aromatic heterocycles. The summed E-state index contributed by atoms with van der Waals surface area (Å²) in [6.07, 6.45) is 3.36. The normalized spacial score (nSPS) is 11.8. The maximum absolute atomic E-state index is 14.4. The highest BCUT2D eigenvalue weighted by Gasteiger charge is 2.26. The Kier molecular flexibility index (Phi) is 3.25. The number of halogens is 1. The highest BCUT2D eigenvalue weighted by atomic mass is 32.1. The van der Waals surface area contributed by atoms with Crippen LogP contribution in [0.2, 0.25) is 0 Å². The number of nitrogens with two attached hydrogens (primary N) is 1. The molecule has 0 spiro atoms.